The van der Waals surface area contributed by atoms with Gasteiger partial charge in [0, 0.05) is 24.7 Å². The molecular weight excluding hydrogens is 304 g/mol. The fraction of sp³-hybridized carbons (Fsp3) is 0.368. The van der Waals surface area contributed by atoms with Crippen LogP contribution in [0.4, 0.5) is 5.69 Å². The summed E-state index contributed by atoms with van der Waals surface area (Å²) >= 11 is 0. The monoisotopic (exact) mass is 326 g/mol. The number of non-ortho nitro benzene ring substituents is 1. The van der Waals surface area contributed by atoms with E-state index >= 15 is 0 Å². The van der Waals surface area contributed by atoms with Crippen LogP contribution in [-0.4, -0.2) is 29.0 Å². The van der Waals surface area contributed by atoms with Crippen LogP contribution in [0.15, 0.2) is 54.6 Å². The van der Waals surface area contributed by atoms with Crippen LogP contribution in [0.3, 0.4) is 0 Å². The Hall–Kier alpha value is -2.40. The zero-order valence-corrected chi connectivity index (χ0v) is 13.6. The van der Waals surface area contributed by atoms with E-state index in [1.807, 2.05) is 6.07 Å². The van der Waals surface area contributed by atoms with Crippen molar-refractivity contribution < 1.29 is 9.66 Å². The Kier molecular flexibility index (Phi) is 5.43. The lowest BCUT2D eigenvalue weighted by molar-refractivity contribution is -0.384. The van der Waals surface area contributed by atoms with Crippen molar-refractivity contribution in [3.63, 3.8) is 0 Å². The first-order valence-corrected chi connectivity index (χ1v) is 8.37. The second-order valence-corrected chi connectivity index (χ2v) is 6.17. The molecule has 0 radical (unpaired) electrons. The fourth-order valence-electron chi connectivity index (χ4n) is 3.13. The zero-order valence-electron chi connectivity index (χ0n) is 13.6. The Morgan fingerprint density at radius 2 is 1.83 bits per heavy atom. The lowest BCUT2D eigenvalue weighted by Crippen LogP contribution is -2.42. The number of hydrogen-bond donors (Lipinski definition) is 0. The van der Waals surface area contributed by atoms with Crippen LogP contribution < -0.4 is 4.74 Å². The molecule has 1 fully saturated rings. The first-order valence-electron chi connectivity index (χ1n) is 8.37. The molecule has 0 spiro atoms. The normalized spacial score (nSPS) is 18.2. The maximum absolute atomic E-state index is 10.7. The van der Waals surface area contributed by atoms with Crippen molar-refractivity contribution in [2.24, 2.45) is 0 Å². The van der Waals surface area contributed by atoms with E-state index in [4.69, 9.17) is 4.74 Å². The van der Waals surface area contributed by atoms with Gasteiger partial charge in [-0.15, -0.1) is 0 Å². The second kappa shape index (κ2) is 7.93. The molecule has 1 aliphatic rings. The van der Waals surface area contributed by atoms with Gasteiger partial charge in [0.1, 0.15) is 12.4 Å². The van der Waals surface area contributed by atoms with Gasteiger partial charge in [0.15, 0.2) is 0 Å². The molecule has 0 saturated carbocycles. The van der Waals surface area contributed by atoms with E-state index in [9.17, 15) is 10.1 Å². The molecule has 1 saturated heterocycles. The van der Waals surface area contributed by atoms with Gasteiger partial charge in [0.25, 0.3) is 5.69 Å². The third kappa shape index (κ3) is 4.32. The zero-order chi connectivity index (χ0) is 16.8. The van der Waals surface area contributed by atoms with Gasteiger partial charge < -0.3 is 4.74 Å². The highest BCUT2D eigenvalue weighted by molar-refractivity contribution is 5.36. The molecule has 3 rings (SSSR count). The van der Waals surface area contributed by atoms with E-state index in [0.29, 0.717) is 18.4 Å². The molecule has 1 atom stereocenters. The van der Waals surface area contributed by atoms with Crippen molar-refractivity contribution in [2.75, 3.05) is 13.2 Å². The largest absolute Gasteiger partial charge is 0.492 e. The van der Waals surface area contributed by atoms with Crippen LogP contribution in [0.25, 0.3) is 0 Å². The smallest absolute Gasteiger partial charge is 0.269 e. The molecule has 1 unspecified atom stereocenters. The van der Waals surface area contributed by atoms with Crippen LogP contribution >= 0.6 is 0 Å². The molecular formula is C19H22N2O3. The molecule has 5 heteroatoms. The lowest BCUT2D eigenvalue weighted by Gasteiger charge is -2.35. The summed E-state index contributed by atoms with van der Waals surface area (Å²) in [5.74, 6) is 0.686. The van der Waals surface area contributed by atoms with E-state index in [1.165, 1.54) is 30.5 Å². The van der Waals surface area contributed by atoms with Crippen molar-refractivity contribution in [1.82, 2.24) is 4.90 Å². The highest BCUT2D eigenvalue weighted by Crippen LogP contribution is 2.22. The van der Waals surface area contributed by atoms with Crippen LogP contribution in [0.1, 0.15) is 24.8 Å². The standard InChI is InChI=1S/C19H22N2O3/c22-21(23)17-9-11-19(12-10-17)24-15-18-8-4-5-13-20(18)14-16-6-2-1-3-7-16/h1-3,6-7,9-12,18H,4-5,8,13-15H2. The van der Waals surface area contributed by atoms with Gasteiger partial charge in [-0.25, -0.2) is 0 Å². The summed E-state index contributed by atoms with van der Waals surface area (Å²) in [6.07, 6.45) is 3.57. The number of nitro benzene ring substituents is 1. The lowest BCUT2D eigenvalue weighted by atomic mass is 10.0. The number of ether oxygens (including phenoxy) is 1. The summed E-state index contributed by atoms with van der Waals surface area (Å²) < 4.78 is 5.88. The predicted molar refractivity (Wildman–Crippen MR) is 93.1 cm³/mol. The highest BCUT2D eigenvalue weighted by atomic mass is 16.6. The van der Waals surface area contributed by atoms with E-state index in [0.717, 1.165) is 19.5 Å². The summed E-state index contributed by atoms with van der Waals surface area (Å²) in [5.41, 5.74) is 1.41. The van der Waals surface area contributed by atoms with Crippen LogP contribution in [0, 0.1) is 10.1 Å². The first kappa shape index (κ1) is 16.5. The Balaban J connectivity index is 1.58. The molecule has 1 heterocycles. The number of nitro groups is 1. The third-order valence-corrected chi connectivity index (χ3v) is 4.47. The van der Waals surface area contributed by atoms with Crippen molar-refractivity contribution in [1.29, 1.82) is 0 Å². The molecule has 2 aromatic carbocycles. The molecule has 24 heavy (non-hydrogen) atoms. The van der Waals surface area contributed by atoms with Crippen molar-refractivity contribution in [2.45, 2.75) is 31.8 Å². The second-order valence-electron chi connectivity index (χ2n) is 6.17. The van der Waals surface area contributed by atoms with Gasteiger partial charge in [-0.05, 0) is 37.1 Å². The average molecular weight is 326 g/mol. The number of benzene rings is 2. The summed E-state index contributed by atoms with van der Waals surface area (Å²) in [5, 5.41) is 10.7. The molecule has 0 amide bonds. The maximum Gasteiger partial charge on any atom is 0.269 e. The van der Waals surface area contributed by atoms with Crippen molar-refractivity contribution in [3.05, 3.63) is 70.3 Å². The predicted octanol–water partition coefficient (Wildman–Crippen LogP) is 4.03. The number of rotatable bonds is 6. The molecule has 0 aliphatic carbocycles. The minimum absolute atomic E-state index is 0.0886. The Labute approximate surface area is 142 Å². The van der Waals surface area contributed by atoms with Gasteiger partial charge in [-0.2, -0.15) is 0 Å². The van der Waals surface area contributed by atoms with Crippen molar-refractivity contribution >= 4 is 5.69 Å². The summed E-state index contributed by atoms with van der Waals surface area (Å²) in [6, 6.07) is 17.2. The highest BCUT2D eigenvalue weighted by Gasteiger charge is 2.23. The molecule has 0 aromatic heterocycles. The summed E-state index contributed by atoms with van der Waals surface area (Å²) in [6.45, 7) is 2.64. The van der Waals surface area contributed by atoms with Gasteiger partial charge in [0.2, 0.25) is 0 Å². The number of hydrogen-bond acceptors (Lipinski definition) is 4. The van der Waals surface area contributed by atoms with Crippen LogP contribution in [-0.2, 0) is 6.54 Å². The number of likely N-dealkylation sites (tertiary alicyclic amines) is 1. The average Bonchev–Trinajstić information content (AvgIpc) is 2.62. The maximum atomic E-state index is 10.7. The number of piperidine rings is 1. The topological polar surface area (TPSA) is 55.6 Å². The third-order valence-electron chi connectivity index (χ3n) is 4.47. The van der Waals surface area contributed by atoms with E-state index in [1.54, 1.807) is 12.1 Å². The van der Waals surface area contributed by atoms with E-state index in [-0.39, 0.29) is 5.69 Å². The Morgan fingerprint density at radius 1 is 1.08 bits per heavy atom. The fourth-order valence-corrected chi connectivity index (χ4v) is 3.13. The molecule has 1 aliphatic heterocycles. The minimum Gasteiger partial charge on any atom is -0.492 e. The quantitative estimate of drug-likeness (QED) is 0.594. The molecule has 126 valence electrons. The van der Waals surface area contributed by atoms with Crippen LogP contribution in [0.5, 0.6) is 5.75 Å². The SMILES string of the molecule is O=[N+]([O-])c1ccc(OCC2CCCCN2Cc2ccccc2)cc1. The Morgan fingerprint density at radius 3 is 2.54 bits per heavy atom. The summed E-state index contributed by atoms with van der Waals surface area (Å²) in [7, 11) is 0. The minimum atomic E-state index is -0.396. The molecule has 5 nitrogen and oxygen atoms in total. The van der Waals surface area contributed by atoms with E-state index < -0.39 is 4.92 Å². The summed E-state index contributed by atoms with van der Waals surface area (Å²) in [4.78, 5) is 12.8. The van der Waals surface area contributed by atoms with Gasteiger partial charge in [-0.3, -0.25) is 15.0 Å². The Bertz CT molecular complexity index is 658. The number of nitrogens with zero attached hydrogens (tertiary/aromatic N) is 2. The molecule has 2 aromatic rings. The van der Waals surface area contributed by atoms with Gasteiger partial charge >= 0.3 is 0 Å². The van der Waals surface area contributed by atoms with Crippen LogP contribution in [0.2, 0.25) is 0 Å². The first-order chi connectivity index (χ1) is 11.7. The molecule has 0 bridgehead atoms. The van der Waals surface area contributed by atoms with Crippen molar-refractivity contribution in [3.8, 4) is 5.75 Å². The molecule has 0 N–H and O–H groups in total. The van der Waals surface area contributed by atoms with Gasteiger partial charge in [-0.1, -0.05) is 36.8 Å². The van der Waals surface area contributed by atoms with E-state index in [2.05, 4.69) is 29.2 Å². The van der Waals surface area contributed by atoms with Gasteiger partial charge in [0.05, 0.1) is 4.92 Å².